The molecule has 0 aliphatic carbocycles. The molecule has 108 valence electrons. The highest BCUT2D eigenvalue weighted by Gasteiger charge is 2.13. The molecule has 0 amide bonds. The fourth-order valence-electron chi connectivity index (χ4n) is 2.39. The van der Waals surface area contributed by atoms with Gasteiger partial charge in [0.15, 0.2) is 11.6 Å². The van der Waals surface area contributed by atoms with Gasteiger partial charge in [0.1, 0.15) is 5.82 Å². The highest BCUT2D eigenvalue weighted by molar-refractivity contribution is 5.80. The van der Waals surface area contributed by atoms with Crippen molar-refractivity contribution in [3.05, 3.63) is 54.1 Å². The van der Waals surface area contributed by atoms with Crippen LogP contribution in [-0.2, 0) is 6.54 Å². The Kier molecular flexibility index (Phi) is 3.66. The molecule has 0 radical (unpaired) electrons. The second kappa shape index (κ2) is 5.61. The normalized spacial score (nSPS) is 11.2. The molecule has 0 unspecified atom stereocenters. The molecule has 3 rings (SSSR count). The van der Waals surface area contributed by atoms with Crippen LogP contribution in [-0.4, -0.2) is 21.3 Å². The largest absolute Gasteiger partial charge is 0.396 e. The fraction of sp³-hybridized carbons (Fsp3) is 0.188. The van der Waals surface area contributed by atoms with Gasteiger partial charge in [0.2, 0.25) is 0 Å². The van der Waals surface area contributed by atoms with E-state index in [0.717, 1.165) is 23.2 Å². The molecule has 2 aromatic carbocycles. The molecule has 0 aliphatic heterocycles. The van der Waals surface area contributed by atoms with E-state index < -0.39 is 11.6 Å². The van der Waals surface area contributed by atoms with Gasteiger partial charge in [-0.05, 0) is 36.8 Å². The lowest BCUT2D eigenvalue weighted by Gasteiger charge is -2.08. The van der Waals surface area contributed by atoms with Crippen molar-refractivity contribution < 1.29 is 13.9 Å². The van der Waals surface area contributed by atoms with Crippen LogP contribution in [0.1, 0.15) is 6.42 Å². The van der Waals surface area contributed by atoms with Crippen molar-refractivity contribution in [2.45, 2.75) is 13.0 Å². The number of nitrogens with zero attached hydrogens (tertiary/aromatic N) is 2. The van der Waals surface area contributed by atoms with E-state index in [1.807, 2.05) is 28.8 Å². The second-order valence-electron chi connectivity index (χ2n) is 4.78. The van der Waals surface area contributed by atoms with E-state index in [1.54, 1.807) is 0 Å². The third kappa shape index (κ3) is 2.52. The van der Waals surface area contributed by atoms with Crippen molar-refractivity contribution in [3.8, 4) is 11.4 Å². The Morgan fingerprint density at radius 1 is 1.05 bits per heavy atom. The lowest BCUT2D eigenvalue weighted by atomic mass is 10.2. The minimum atomic E-state index is -0.895. The first-order valence-corrected chi connectivity index (χ1v) is 6.72. The first kappa shape index (κ1) is 13.7. The number of aliphatic hydroxyl groups excluding tert-OH is 1. The van der Waals surface area contributed by atoms with Gasteiger partial charge >= 0.3 is 0 Å². The summed E-state index contributed by atoms with van der Waals surface area (Å²) in [5, 5.41) is 9.04. The summed E-state index contributed by atoms with van der Waals surface area (Å²) in [4.78, 5) is 4.50. The number of rotatable bonds is 4. The zero-order chi connectivity index (χ0) is 14.8. The number of halogens is 2. The fourth-order valence-corrected chi connectivity index (χ4v) is 2.39. The molecule has 3 nitrogen and oxygen atoms in total. The molecule has 5 heteroatoms. The van der Waals surface area contributed by atoms with E-state index in [0.29, 0.717) is 24.4 Å². The minimum absolute atomic E-state index is 0.0593. The van der Waals surface area contributed by atoms with Gasteiger partial charge in [-0.25, -0.2) is 13.8 Å². The molecule has 1 N–H and O–H groups in total. The maximum atomic E-state index is 13.5. The second-order valence-corrected chi connectivity index (χ2v) is 4.78. The molecule has 0 fully saturated rings. The number of imidazole rings is 1. The summed E-state index contributed by atoms with van der Waals surface area (Å²) in [6.45, 7) is 0.620. The van der Waals surface area contributed by atoms with Crippen molar-refractivity contribution in [1.82, 2.24) is 9.55 Å². The summed E-state index contributed by atoms with van der Waals surface area (Å²) in [6, 6.07) is 11.3. The first-order chi connectivity index (χ1) is 10.2. The number of aliphatic hydroxyl groups is 1. The van der Waals surface area contributed by atoms with Crippen LogP contribution in [0.3, 0.4) is 0 Å². The third-order valence-corrected chi connectivity index (χ3v) is 3.37. The van der Waals surface area contributed by atoms with E-state index in [9.17, 15) is 8.78 Å². The van der Waals surface area contributed by atoms with E-state index in [1.165, 1.54) is 6.07 Å². The number of hydrogen-bond donors (Lipinski definition) is 1. The maximum absolute atomic E-state index is 13.5. The van der Waals surface area contributed by atoms with Crippen LogP contribution >= 0.6 is 0 Å². The van der Waals surface area contributed by atoms with Crippen LogP contribution in [0.4, 0.5) is 8.78 Å². The smallest absolute Gasteiger partial charge is 0.159 e. The summed E-state index contributed by atoms with van der Waals surface area (Å²) < 4.78 is 28.5. The molecule has 0 aliphatic rings. The number of aromatic nitrogens is 2. The van der Waals surface area contributed by atoms with Crippen molar-refractivity contribution in [2.24, 2.45) is 0 Å². The van der Waals surface area contributed by atoms with Gasteiger partial charge in [-0.15, -0.1) is 0 Å². The van der Waals surface area contributed by atoms with E-state index >= 15 is 0 Å². The highest BCUT2D eigenvalue weighted by atomic mass is 19.2. The maximum Gasteiger partial charge on any atom is 0.159 e. The van der Waals surface area contributed by atoms with Crippen LogP contribution < -0.4 is 0 Å². The predicted molar refractivity (Wildman–Crippen MR) is 76.8 cm³/mol. The molecule has 0 bridgehead atoms. The van der Waals surface area contributed by atoms with Crippen molar-refractivity contribution >= 4 is 11.0 Å². The van der Waals surface area contributed by atoms with Gasteiger partial charge in [-0.2, -0.15) is 0 Å². The molecule has 0 atom stereocenters. The zero-order valence-electron chi connectivity index (χ0n) is 11.3. The monoisotopic (exact) mass is 288 g/mol. The first-order valence-electron chi connectivity index (χ1n) is 6.72. The average Bonchev–Trinajstić information content (AvgIpc) is 2.86. The summed E-state index contributed by atoms with van der Waals surface area (Å²) in [5.41, 5.74) is 2.21. The van der Waals surface area contributed by atoms with Crippen LogP contribution in [0.15, 0.2) is 42.5 Å². The summed E-state index contributed by atoms with van der Waals surface area (Å²) in [6.07, 6.45) is 0.566. The van der Waals surface area contributed by atoms with Gasteiger partial charge in [0.05, 0.1) is 11.0 Å². The predicted octanol–water partition coefficient (Wildman–Crippen LogP) is 3.36. The van der Waals surface area contributed by atoms with E-state index in [-0.39, 0.29) is 6.61 Å². The Balaban J connectivity index is 2.17. The molecule has 1 heterocycles. The van der Waals surface area contributed by atoms with E-state index in [4.69, 9.17) is 5.11 Å². The Hall–Kier alpha value is -2.27. The van der Waals surface area contributed by atoms with Crippen molar-refractivity contribution in [3.63, 3.8) is 0 Å². The Bertz CT molecular complexity index is 783. The zero-order valence-corrected chi connectivity index (χ0v) is 11.3. The number of hydrogen-bond acceptors (Lipinski definition) is 2. The molecular formula is C16H14F2N2O. The molecule has 0 saturated heterocycles. The van der Waals surface area contributed by atoms with Crippen molar-refractivity contribution in [2.75, 3.05) is 6.61 Å². The van der Waals surface area contributed by atoms with Crippen LogP contribution in [0, 0.1) is 11.6 Å². The summed E-state index contributed by atoms with van der Waals surface area (Å²) in [7, 11) is 0. The van der Waals surface area contributed by atoms with Crippen LogP contribution in [0.25, 0.3) is 22.4 Å². The van der Waals surface area contributed by atoms with Crippen molar-refractivity contribution in [1.29, 1.82) is 0 Å². The van der Waals surface area contributed by atoms with Crippen LogP contribution in [0.2, 0.25) is 0 Å². The molecule has 3 aromatic rings. The Morgan fingerprint density at radius 3 is 2.62 bits per heavy atom. The lowest BCUT2D eigenvalue weighted by Crippen LogP contribution is -2.03. The number of para-hydroxylation sites is 2. The van der Waals surface area contributed by atoms with Gasteiger partial charge in [0, 0.05) is 18.7 Å². The Labute approximate surface area is 120 Å². The summed E-state index contributed by atoms with van der Waals surface area (Å²) >= 11 is 0. The lowest BCUT2D eigenvalue weighted by molar-refractivity contribution is 0.281. The quantitative estimate of drug-likeness (QED) is 0.799. The van der Waals surface area contributed by atoms with Gasteiger partial charge in [-0.1, -0.05) is 12.1 Å². The summed E-state index contributed by atoms with van der Waals surface area (Å²) in [5.74, 6) is -1.20. The third-order valence-electron chi connectivity index (χ3n) is 3.37. The van der Waals surface area contributed by atoms with Crippen LogP contribution in [0.5, 0.6) is 0 Å². The molecule has 0 spiro atoms. The minimum Gasteiger partial charge on any atom is -0.396 e. The molecular weight excluding hydrogens is 274 g/mol. The number of fused-ring (bicyclic) bond motifs is 1. The van der Waals surface area contributed by atoms with E-state index in [2.05, 4.69) is 4.98 Å². The standard InChI is InChI=1S/C16H14F2N2O/c17-12-7-6-11(10-13(12)18)16-19-14-4-1-2-5-15(14)20(16)8-3-9-21/h1-2,4-7,10,21H,3,8-9H2. The Morgan fingerprint density at radius 2 is 1.86 bits per heavy atom. The molecule has 1 aromatic heterocycles. The SMILES string of the molecule is OCCCn1c(-c2ccc(F)c(F)c2)nc2ccccc21. The van der Waals surface area contributed by atoms with Gasteiger partial charge in [0.25, 0.3) is 0 Å². The van der Waals surface area contributed by atoms with Gasteiger partial charge in [-0.3, -0.25) is 0 Å². The highest BCUT2D eigenvalue weighted by Crippen LogP contribution is 2.26. The topological polar surface area (TPSA) is 38.0 Å². The number of aryl methyl sites for hydroxylation is 1. The molecule has 0 saturated carbocycles. The number of benzene rings is 2. The molecule has 21 heavy (non-hydrogen) atoms. The average molecular weight is 288 g/mol. The van der Waals surface area contributed by atoms with Gasteiger partial charge < -0.3 is 9.67 Å².